The summed E-state index contributed by atoms with van der Waals surface area (Å²) in [6.07, 6.45) is -6.31. The molecule has 2 amide bonds. The van der Waals surface area contributed by atoms with E-state index in [9.17, 15) is 34.8 Å². The third-order valence-corrected chi connectivity index (χ3v) is 5.12. The molecule has 9 N–H and O–H groups in total. The molecule has 0 heterocycles. The number of benzene rings is 1. The number of nitrogens with two attached hydrogens (primary N) is 1. The summed E-state index contributed by atoms with van der Waals surface area (Å²) in [6, 6.07) is 3.38. The van der Waals surface area contributed by atoms with Crippen LogP contribution >= 0.6 is 0 Å². The van der Waals surface area contributed by atoms with Crippen molar-refractivity contribution in [3.63, 3.8) is 0 Å². The van der Waals surface area contributed by atoms with E-state index in [0.29, 0.717) is 12.0 Å². The Morgan fingerprint density at radius 2 is 1.55 bits per heavy atom. The molecular formula is C22H35N3O8. The van der Waals surface area contributed by atoms with Crippen LogP contribution in [0.25, 0.3) is 0 Å². The molecule has 11 heteroatoms. The maximum atomic E-state index is 12.5. The van der Waals surface area contributed by atoms with E-state index in [4.69, 9.17) is 10.8 Å². The van der Waals surface area contributed by atoms with E-state index in [1.165, 1.54) is 0 Å². The van der Waals surface area contributed by atoms with Gasteiger partial charge in [0.1, 0.15) is 12.2 Å². The quantitative estimate of drug-likeness (QED) is 0.170. The van der Waals surface area contributed by atoms with Gasteiger partial charge in [-0.2, -0.15) is 0 Å². The molecule has 0 saturated heterocycles. The first-order valence-electron chi connectivity index (χ1n) is 10.7. The van der Waals surface area contributed by atoms with Gasteiger partial charge in [-0.3, -0.25) is 14.4 Å². The van der Waals surface area contributed by atoms with E-state index < -0.39 is 67.2 Å². The molecule has 1 aromatic rings. The predicted octanol–water partition coefficient (Wildman–Crippen LogP) is -1.44. The number of aliphatic carboxylic acids is 1. The second-order valence-electron chi connectivity index (χ2n) is 8.53. The molecule has 0 bridgehead atoms. The second-order valence-corrected chi connectivity index (χ2v) is 8.53. The van der Waals surface area contributed by atoms with Crippen LogP contribution in [-0.2, 0) is 14.4 Å². The third kappa shape index (κ3) is 9.06. The maximum Gasteiger partial charge on any atom is 0.305 e. The molecule has 0 unspecified atom stereocenters. The zero-order chi connectivity index (χ0) is 25.3. The molecule has 0 fully saturated rings. The van der Waals surface area contributed by atoms with Crippen molar-refractivity contribution in [2.24, 2.45) is 11.7 Å². The average Bonchev–Trinajstić information content (AvgIpc) is 2.74. The summed E-state index contributed by atoms with van der Waals surface area (Å²) >= 11 is 0. The van der Waals surface area contributed by atoms with Crippen molar-refractivity contribution in [1.82, 2.24) is 10.6 Å². The molecule has 1 aromatic carbocycles. The number of carboxylic acids is 1. The normalized spacial score (nSPS) is 16.9. The van der Waals surface area contributed by atoms with Gasteiger partial charge in [0.2, 0.25) is 5.91 Å². The van der Waals surface area contributed by atoms with Gasteiger partial charge in [-0.25, -0.2) is 0 Å². The number of carbonyl (C=O) groups excluding carboxylic acids is 2. The van der Waals surface area contributed by atoms with Crippen LogP contribution in [0.3, 0.4) is 0 Å². The van der Waals surface area contributed by atoms with Gasteiger partial charge in [0.15, 0.2) is 6.10 Å². The number of hydrogen-bond acceptors (Lipinski definition) is 8. The summed E-state index contributed by atoms with van der Waals surface area (Å²) in [5.74, 6) is -2.88. The first-order valence-corrected chi connectivity index (χ1v) is 10.7. The number of aliphatic hydroxyl groups excluding tert-OH is 4. The largest absolute Gasteiger partial charge is 0.481 e. The molecule has 0 aliphatic heterocycles. The average molecular weight is 470 g/mol. The molecule has 0 aromatic heterocycles. The van der Waals surface area contributed by atoms with Crippen LogP contribution in [0.5, 0.6) is 0 Å². The topological polar surface area (TPSA) is 202 Å². The summed E-state index contributed by atoms with van der Waals surface area (Å²) in [5, 5.41) is 54.2. The lowest BCUT2D eigenvalue weighted by atomic mass is 9.98. The highest BCUT2D eigenvalue weighted by molar-refractivity contribution is 5.83. The van der Waals surface area contributed by atoms with E-state index in [2.05, 4.69) is 10.6 Å². The number of rotatable bonds is 13. The Morgan fingerprint density at radius 1 is 0.970 bits per heavy atom. The Labute approximate surface area is 192 Å². The maximum absolute atomic E-state index is 12.5. The molecule has 0 aliphatic rings. The van der Waals surface area contributed by atoms with E-state index >= 15 is 0 Å². The van der Waals surface area contributed by atoms with Crippen molar-refractivity contribution in [3.05, 3.63) is 35.4 Å². The van der Waals surface area contributed by atoms with Crippen molar-refractivity contribution in [2.45, 2.75) is 70.1 Å². The number of carboxylic acid groups (broad SMARTS) is 1. The van der Waals surface area contributed by atoms with Crippen molar-refractivity contribution < 1.29 is 39.9 Å². The van der Waals surface area contributed by atoms with Crippen molar-refractivity contribution >= 4 is 17.8 Å². The fourth-order valence-electron chi connectivity index (χ4n) is 3.21. The molecule has 0 spiro atoms. The molecule has 6 atom stereocenters. The highest BCUT2D eigenvalue weighted by Gasteiger charge is 2.37. The second kappa shape index (κ2) is 13.2. The highest BCUT2D eigenvalue weighted by Crippen LogP contribution is 2.18. The number of hydrogen-bond donors (Lipinski definition) is 8. The molecule has 33 heavy (non-hydrogen) atoms. The van der Waals surface area contributed by atoms with Crippen LogP contribution in [-0.4, -0.2) is 80.3 Å². The summed E-state index contributed by atoms with van der Waals surface area (Å²) in [7, 11) is 0. The summed E-state index contributed by atoms with van der Waals surface area (Å²) in [5.41, 5.74) is 7.16. The Hall–Kier alpha value is -2.57. The number of aryl methyl sites for hydroxylation is 1. The number of nitrogens with one attached hydrogen (secondary N) is 2. The zero-order valence-corrected chi connectivity index (χ0v) is 19.0. The molecule has 0 aliphatic carbocycles. The van der Waals surface area contributed by atoms with E-state index in [1.807, 2.05) is 20.8 Å². The molecule has 0 radical (unpaired) electrons. The fraction of sp³-hybridized carbons (Fsp3) is 0.591. The summed E-state index contributed by atoms with van der Waals surface area (Å²) in [6.45, 7) is 4.76. The van der Waals surface area contributed by atoms with E-state index in [-0.39, 0.29) is 5.92 Å². The van der Waals surface area contributed by atoms with Gasteiger partial charge in [-0.05, 0) is 24.8 Å². The molecule has 0 saturated carbocycles. The predicted molar refractivity (Wildman–Crippen MR) is 119 cm³/mol. The molecule has 1 rings (SSSR count). The van der Waals surface area contributed by atoms with Crippen LogP contribution < -0.4 is 16.4 Å². The van der Waals surface area contributed by atoms with Crippen LogP contribution in [0.2, 0.25) is 0 Å². The van der Waals surface area contributed by atoms with Crippen LogP contribution in [0.1, 0.15) is 43.9 Å². The standard InChI is InChI=1S/C22H35N3O8/c1-11(2)8-14(23)21(32)25-16(10-26)18(29)19(30)20(31)22(33)24-15(9-17(27)28)13-6-4-12(3)5-7-13/h4-7,11,14-16,18-20,26,29-31H,8-10,23H2,1-3H3,(H,24,33)(H,25,32)(H,27,28)/t14-,15-,16-,18+,19+,20-/m0/s1. The minimum Gasteiger partial charge on any atom is -0.481 e. The SMILES string of the molecule is Cc1ccc([C@H](CC(=O)O)NC(=O)[C@@H](O)[C@H](O)[C@H](O)[C@H](CO)NC(=O)[C@@H](N)CC(C)C)cc1. The Balaban J connectivity index is 2.86. The van der Waals surface area contributed by atoms with Crippen molar-refractivity contribution in [2.75, 3.05) is 6.61 Å². The van der Waals surface area contributed by atoms with Gasteiger partial charge < -0.3 is 41.9 Å². The van der Waals surface area contributed by atoms with Crippen LogP contribution in [0.4, 0.5) is 0 Å². The lowest BCUT2D eigenvalue weighted by molar-refractivity contribution is -0.145. The third-order valence-electron chi connectivity index (χ3n) is 5.12. The smallest absolute Gasteiger partial charge is 0.305 e. The van der Waals surface area contributed by atoms with Gasteiger partial charge >= 0.3 is 5.97 Å². The highest BCUT2D eigenvalue weighted by atomic mass is 16.4. The summed E-state index contributed by atoms with van der Waals surface area (Å²) < 4.78 is 0. The van der Waals surface area contributed by atoms with Crippen LogP contribution in [0.15, 0.2) is 24.3 Å². The lowest BCUT2D eigenvalue weighted by Gasteiger charge is -2.30. The fourth-order valence-corrected chi connectivity index (χ4v) is 3.21. The van der Waals surface area contributed by atoms with Gasteiger partial charge in [0.05, 0.1) is 31.2 Å². The van der Waals surface area contributed by atoms with Crippen LogP contribution in [0, 0.1) is 12.8 Å². The lowest BCUT2D eigenvalue weighted by Crippen LogP contribution is -2.58. The zero-order valence-electron chi connectivity index (χ0n) is 19.0. The number of carbonyl (C=O) groups is 3. The van der Waals surface area contributed by atoms with Gasteiger partial charge in [0.25, 0.3) is 5.91 Å². The van der Waals surface area contributed by atoms with Gasteiger partial charge in [0, 0.05) is 0 Å². The van der Waals surface area contributed by atoms with Gasteiger partial charge in [-0.15, -0.1) is 0 Å². The number of aliphatic hydroxyl groups is 4. The van der Waals surface area contributed by atoms with E-state index in [1.54, 1.807) is 24.3 Å². The number of amides is 2. The summed E-state index contributed by atoms with van der Waals surface area (Å²) in [4.78, 5) is 35.9. The minimum absolute atomic E-state index is 0.117. The Kier molecular flexibility index (Phi) is 11.4. The monoisotopic (exact) mass is 469 g/mol. The van der Waals surface area contributed by atoms with Crippen molar-refractivity contribution in [3.8, 4) is 0 Å². The Morgan fingerprint density at radius 3 is 2.03 bits per heavy atom. The molecule has 186 valence electrons. The Bertz CT molecular complexity index is 786. The molecule has 11 nitrogen and oxygen atoms in total. The minimum atomic E-state index is -2.17. The first kappa shape index (κ1) is 28.5. The van der Waals surface area contributed by atoms with E-state index in [0.717, 1.165) is 5.56 Å². The van der Waals surface area contributed by atoms with Gasteiger partial charge in [-0.1, -0.05) is 43.7 Å². The molecular weight excluding hydrogens is 434 g/mol. The first-order chi connectivity index (χ1) is 15.4. The van der Waals surface area contributed by atoms with Crippen molar-refractivity contribution in [1.29, 1.82) is 0 Å².